The van der Waals surface area contributed by atoms with E-state index in [1.165, 1.54) is 6.42 Å². The maximum atomic E-state index is 5.75. The Morgan fingerprint density at radius 3 is 2.65 bits per heavy atom. The molecule has 0 saturated heterocycles. The number of hydrogen-bond donors (Lipinski definition) is 1. The van der Waals surface area contributed by atoms with Crippen molar-refractivity contribution in [2.75, 3.05) is 13.1 Å². The fraction of sp³-hybridized carbons (Fsp3) is 0.692. The third-order valence-corrected chi connectivity index (χ3v) is 5.52. The third-order valence-electron chi connectivity index (χ3n) is 3.81. The van der Waals surface area contributed by atoms with Crippen LogP contribution in [0.3, 0.4) is 0 Å². The second kappa shape index (κ2) is 5.06. The highest BCUT2D eigenvalue weighted by atomic mass is 79.9. The van der Waals surface area contributed by atoms with Crippen molar-refractivity contribution in [2.45, 2.75) is 33.1 Å². The first-order valence-electron chi connectivity index (χ1n) is 6.14. The highest BCUT2D eigenvalue weighted by Gasteiger charge is 2.59. The Labute approximate surface area is 120 Å². The zero-order chi connectivity index (χ0) is 12.6. The molecule has 1 aromatic rings. The molecule has 0 aliphatic heterocycles. The van der Waals surface area contributed by atoms with Crippen LogP contribution in [0.15, 0.2) is 19.6 Å². The van der Waals surface area contributed by atoms with Crippen LogP contribution in [0.2, 0.25) is 0 Å². The molecule has 0 bridgehead atoms. The van der Waals surface area contributed by atoms with Crippen LogP contribution in [-0.2, 0) is 0 Å². The van der Waals surface area contributed by atoms with Gasteiger partial charge in [-0.3, -0.25) is 0 Å². The predicted molar refractivity (Wildman–Crippen MR) is 77.3 cm³/mol. The first-order valence-corrected chi connectivity index (χ1v) is 7.72. The molecule has 4 heteroatoms. The van der Waals surface area contributed by atoms with Crippen molar-refractivity contribution < 1.29 is 4.42 Å². The van der Waals surface area contributed by atoms with E-state index < -0.39 is 0 Å². The molecule has 2 atom stereocenters. The van der Waals surface area contributed by atoms with Gasteiger partial charge in [0.2, 0.25) is 0 Å². The van der Waals surface area contributed by atoms with E-state index in [1.807, 2.05) is 0 Å². The van der Waals surface area contributed by atoms with E-state index in [1.54, 1.807) is 0 Å². The number of rotatable bonds is 5. The van der Waals surface area contributed by atoms with Crippen molar-refractivity contribution in [3.8, 4) is 0 Å². The van der Waals surface area contributed by atoms with E-state index in [9.17, 15) is 0 Å². The summed E-state index contributed by atoms with van der Waals surface area (Å²) in [6.45, 7) is 9.02. The van der Waals surface area contributed by atoms with Crippen LogP contribution >= 0.6 is 31.9 Å². The summed E-state index contributed by atoms with van der Waals surface area (Å²) in [5.74, 6) is 2.31. The number of hydrogen-bond acceptors (Lipinski definition) is 2. The van der Waals surface area contributed by atoms with E-state index in [0.29, 0.717) is 17.3 Å². The largest absolute Gasteiger partial charge is 0.453 e. The van der Waals surface area contributed by atoms with E-state index in [-0.39, 0.29) is 0 Å². The van der Waals surface area contributed by atoms with Gasteiger partial charge in [0.05, 0.1) is 4.47 Å². The van der Waals surface area contributed by atoms with Gasteiger partial charge in [0.15, 0.2) is 4.67 Å². The molecule has 17 heavy (non-hydrogen) atoms. The summed E-state index contributed by atoms with van der Waals surface area (Å²) in [4.78, 5) is 0. The first kappa shape index (κ1) is 13.6. The molecule has 1 aliphatic carbocycles. The van der Waals surface area contributed by atoms with Crippen molar-refractivity contribution >= 4 is 31.9 Å². The molecule has 1 aliphatic rings. The standard InChI is InChI=1S/C13H19Br2NO/c1-4-5-16-7-8-11(13(8,2)3)10-6-9(14)12(15)17-10/h6,8,11,16H,4-5,7H2,1-3H3. The minimum atomic E-state index is 0.345. The van der Waals surface area contributed by atoms with E-state index in [4.69, 9.17) is 4.42 Å². The Bertz CT molecular complexity index is 381. The van der Waals surface area contributed by atoms with Crippen LogP contribution in [0.4, 0.5) is 0 Å². The van der Waals surface area contributed by atoms with Gasteiger partial charge in [-0.2, -0.15) is 0 Å². The van der Waals surface area contributed by atoms with Crippen molar-refractivity contribution in [3.05, 3.63) is 21.0 Å². The van der Waals surface area contributed by atoms with E-state index in [0.717, 1.165) is 28.0 Å². The van der Waals surface area contributed by atoms with Crippen LogP contribution < -0.4 is 5.32 Å². The molecule has 0 spiro atoms. The Morgan fingerprint density at radius 2 is 2.12 bits per heavy atom. The lowest BCUT2D eigenvalue weighted by Gasteiger charge is -2.03. The number of nitrogens with one attached hydrogen (secondary N) is 1. The van der Waals surface area contributed by atoms with Crippen molar-refractivity contribution in [3.63, 3.8) is 0 Å². The van der Waals surface area contributed by atoms with Crippen LogP contribution in [0, 0.1) is 11.3 Å². The molecule has 2 unspecified atom stereocenters. The SMILES string of the molecule is CCCNCC1C(c2cc(Br)c(Br)o2)C1(C)C. The quantitative estimate of drug-likeness (QED) is 0.775. The third kappa shape index (κ3) is 2.64. The van der Waals surface area contributed by atoms with Crippen molar-refractivity contribution in [1.82, 2.24) is 5.32 Å². The maximum Gasteiger partial charge on any atom is 0.183 e. The smallest absolute Gasteiger partial charge is 0.183 e. The van der Waals surface area contributed by atoms with Gasteiger partial charge >= 0.3 is 0 Å². The topological polar surface area (TPSA) is 25.2 Å². The monoisotopic (exact) mass is 363 g/mol. The fourth-order valence-electron chi connectivity index (χ4n) is 2.64. The highest BCUT2D eigenvalue weighted by Crippen LogP contribution is 2.64. The van der Waals surface area contributed by atoms with Gasteiger partial charge in [0, 0.05) is 5.92 Å². The molecule has 1 saturated carbocycles. The molecule has 2 rings (SSSR count). The molecule has 2 nitrogen and oxygen atoms in total. The molecule has 96 valence electrons. The summed E-state index contributed by atoms with van der Waals surface area (Å²) in [5, 5.41) is 3.51. The summed E-state index contributed by atoms with van der Waals surface area (Å²) in [6.07, 6.45) is 1.19. The Hall–Kier alpha value is 0.200. The molecule has 1 N–H and O–H groups in total. The molecule has 0 amide bonds. The molecular weight excluding hydrogens is 346 g/mol. The minimum absolute atomic E-state index is 0.345. The van der Waals surface area contributed by atoms with Crippen molar-refractivity contribution in [2.24, 2.45) is 11.3 Å². The molecule has 0 aromatic carbocycles. The number of furan rings is 1. The molecule has 1 heterocycles. The zero-order valence-corrected chi connectivity index (χ0v) is 13.7. The van der Waals surface area contributed by atoms with Gasteiger partial charge in [-0.05, 0) is 68.8 Å². The predicted octanol–water partition coefficient (Wildman–Crippen LogP) is 4.54. The van der Waals surface area contributed by atoms with Crippen molar-refractivity contribution in [1.29, 1.82) is 0 Å². The number of halogens is 2. The Kier molecular flexibility index (Phi) is 4.06. The Balaban J connectivity index is 2.02. The van der Waals surface area contributed by atoms with Gasteiger partial charge < -0.3 is 9.73 Å². The molecule has 0 radical (unpaired) electrons. The highest BCUT2D eigenvalue weighted by molar-refractivity contribution is 9.13. The summed E-state index contributed by atoms with van der Waals surface area (Å²) in [5.41, 5.74) is 0.345. The second-order valence-corrected chi connectivity index (χ2v) is 6.95. The minimum Gasteiger partial charge on any atom is -0.453 e. The Morgan fingerprint density at radius 1 is 1.41 bits per heavy atom. The lowest BCUT2D eigenvalue weighted by molar-refractivity contribution is 0.464. The lowest BCUT2D eigenvalue weighted by Crippen LogP contribution is -2.19. The van der Waals surface area contributed by atoms with Gasteiger partial charge in [0.25, 0.3) is 0 Å². The summed E-state index contributed by atoms with van der Waals surface area (Å²) in [6, 6.07) is 2.09. The van der Waals surface area contributed by atoms with Gasteiger partial charge in [-0.25, -0.2) is 0 Å². The molecule has 1 fully saturated rings. The van der Waals surface area contributed by atoms with Crippen LogP contribution in [0.5, 0.6) is 0 Å². The van der Waals surface area contributed by atoms with Crippen LogP contribution in [0.25, 0.3) is 0 Å². The maximum absolute atomic E-state index is 5.75. The summed E-state index contributed by atoms with van der Waals surface area (Å²) in [7, 11) is 0. The van der Waals surface area contributed by atoms with Crippen LogP contribution in [-0.4, -0.2) is 13.1 Å². The average molecular weight is 365 g/mol. The fourth-order valence-corrected chi connectivity index (χ4v) is 3.25. The molecular formula is C13H19Br2NO. The van der Waals surface area contributed by atoms with Gasteiger partial charge in [-0.1, -0.05) is 20.8 Å². The average Bonchev–Trinajstić information content (AvgIpc) is 2.62. The normalized spacial score (nSPS) is 26.2. The summed E-state index contributed by atoms with van der Waals surface area (Å²) < 4.78 is 7.56. The zero-order valence-electron chi connectivity index (χ0n) is 10.5. The lowest BCUT2D eigenvalue weighted by atomic mass is 10.1. The summed E-state index contributed by atoms with van der Waals surface area (Å²) >= 11 is 6.88. The second-order valence-electron chi connectivity index (χ2n) is 5.38. The van der Waals surface area contributed by atoms with Gasteiger partial charge in [0.1, 0.15) is 5.76 Å². The molecule has 1 aromatic heterocycles. The van der Waals surface area contributed by atoms with E-state index >= 15 is 0 Å². The van der Waals surface area contributed by atoms with E-state index in [2.05, 4.69) is 64.0 Å². The van der Waals surface area contributed by atoms with Crippen LogP contribution in [0.1, 0.15) is 38.9 Å². The first-order chi connectivity index (χ1) is 7.98. The van der Waals surface area contributed by atoms with Gasteiger partial charge in [-0.15, -0.1) is 0 Å².